The van der Waals surface area contributed by atoms with E-state index in [-0.39, 0.29) is 18.1 Å². The van der Waals surface area contributed by atoms with Gasteiger partial charge in [-0.25, -0.2) is 0 Å². The maximum Gasteiger partial charge on any atom is 0.251 e. The highest BCUT2D eigenvalue weighted by Crippen LogP contribution is 2.23. The Kier molecular flexibility index (Phi) is 4.10. The van der Waals surface area contributed by atoms with E-state index in [2.05, 4.69) is 5.32 Å². The van der Waals surface area contributed by atoms with E-state index < -0.39 is 0 Å². The molecular weight excluding hydrogens is 240 g/mol. The molecule has 1 aromatic carbocycles. The van der Waals surface area contributed by atoms with Crippen LogP contribution in [0.3, 0.4) is 0 Å². The van der Waals surface area contributed by atoms with Crippen molar-refractivity contribution in [2.75, 3.05) is 12.8 Å². The zero-order chi connectivity index (χ0) is 14.0. The predicted molar refractivity (Wildman–Crippen MR) is 76.2 cm³/mol. The number of carbonyl (C=O) groups excluding carboxylic acids is 1. The number of nitrogen functional groups attached to an aromatic ring is 1. The van der Waals surface area contributed by atoms with Crippen LogP contribution < -0.4 is 11.1 Å². The maximum absolute atomic E-state index is 12.3. The number of hydrogen-bond acceptors (Lipinski definition) is 3. The minimum atomic E-state index is -0.0362. The highest BCUT2D eigenvalue weighted by molar-refractivity contribution is 5.96. The van der Waals surface area contributed by atoms with E-state index in [9.17, 15) is 4.79 Å². The second-order valence-electron chi connectivity index (χ2n) is 5.36. The van der Waals surface area contributed by atoms with Crippen LogP contribution in [0.1, 0.15) is 40.7 Å². The summed E-state index contributed by atoms with van der Waals surface area (Å²) in [4.78, 5) is 12.3. The first-order chi connectivity index (χ1) is 9.01. The summed E-state index contributed by atoms with van der Waals surface area (Å²) in [6.45, 7) is 3.89. The fraction of sp³-hybridized carbons (Fsp3) is 0.533. The molecule has 1 aliphatic rings. The van der Waals surface area contributed by atoms with Crippen molar-refractivity contribution >= 4 is 11.6 Å². The minimum Gasteiger partial charge on any atom is -0.398 e. The van der Waals surface area contributed by atoms with E-state index in [1.165, 1.54) is 0 Å². The Balaban J connectivity index is 2.06. The lowest BCUT2D eigenvalue weighted by molar-refractivity contribution is 0.0914. The molecule has 1 saturated carbocycles. The van der Waals surface area contributed by atoms with Crippen LogP contribution in [0.5, 0.6) is 0 Å². The molecule has 1 amide bonds. The van der Waals surface area contributed by atoms with Gasteiger partial charge >= 0.3 is 0 Å². The lowest BCUT2D eigenvalue weighted by Crippen LogP contribution is -2.33. The third kappa shape index (κ3) is 3.07. The number of nitrogens with two attached hydrogens (primary N) is 1. The summed E-state index contributed by atoms with van der Waals surface area (Å²) in [5, 5.41) is 3.07. The SMILES string of the molecule is COC1CCC(NC(=O)c2cc(N)c(C)cc2C)C1. The Morgan fingerprint density at radius 3 is 2.68 bits per heavy atom. The summed E-state index contributed by atoms with van der Waals surface area (Å²) in [6, 6.07) is 3.93. The quantitative estimate of drug-likeness (QED) is 0.821. The third-order valence-corrected chi connectivity index (χ3v) is 3.91. The molecule has 0 bridgehead atoms. The third-order valence-electron chi connectivity index (χ3n) is 3.91. The Morgan fingerprint density at radius 2 is 2.05 bits per heavy atom. The monoisotopic (exact) mass is 262 g/mol. The number of aryl methyl sites for hydroxylation is 2. The first kappa shape index (κ1) is 13.9. The van der Waals surface area contributed by atoms with Crippen molar-refractivity contribution in [1.82, 2.24) is 5.32 Å². The van der Waals surface area contributed by atoms with Crippen LogP contribution in [0.25, 0.3) is 0 Å². The van der Waals surface area contributed by atoms with E-state index in [1.807, 2.05) is 19.9 Å². The van der Waals surface area contributed by atoms with E-state index >= 15 is 0 Å². The van der Waals surface area contributed by atoms with Crippen molar-refractivity contribution in [3.05, 3.63) is 28.8 Å². The summed E-state index contributed by atoms with van der Waals surface area (Å²) in [6.07, 6.45) is 3.15. The topological polar surface area (TPSA) is 64.3 Å². The Bertz CT molecular complexity index is 485. The minimum absolute atomic E-state index is 0.0362. The highest BCUT2D eigenvalue weighted by Gasteiger charge is 2.26. The molecule has 19 heavy (non-hydrogen) atoms. The molecule has 1 aliphatic carbocycles. The lowest BCUT2D eigenvalue weighted by Gasteiger charge is -2.15. The molecule has 4 heteroatoms. The number of carbonyl (C=O) groups is 1. The van der Waals surface area contributed by atoms with Crippen molar-refractivity contribution in [2.24, 2.45) is 0 Å². The Labute approximate surface area is 114 Å². The molecule has 3 N–H and O–H groups in total. The standard InChI is InChI=1S/C15H22N2O2/c1-9-6-10(2)14(16)8-13(9)15(18)17-11-4-5-12(7-11)19-3/h6,8,11-12H,4-5,7,16H2,1-3H3,(H,17,18). The second-order valence-corrected chi connectivity index (χ2v) is 5.36. The van der Waals surface area contributed by atoms with Gasteiger partial charge in [-0.05, 0) is 50.3 Å². The van der Waals surface area contributed by atoms with Crippen molar-refractivity contribution in [1.29, 1.82) is 0 Å². The van der Waals surface area contributed by atoms with Crippen molar-refractivity contribution in [3.8, 4) is 0 Å². The van der Waals surface area contributed by atoms with E-state index in [1.54, 1.807) is 13.2 Å². The van der Waals surface area contributed by atoms with Gasteiger partial charge in [-0.3, -0.25) is 4.79 Å². The molecule has 0 radical (unpaired) electrons. The van der Waals surface area contributed by atoms with Crippen LogP contribution in [0.2, 0.25) is 0 Å². The Hall–Kier alpha value is -1.55. The number of rotatable bonds is 3. The van der Waals surface area contributed by atoms with Gasteiger partial charge < -0.3 is 15.8 Å². The molecule has 2 atom stereocenters. The molecule has 4 nitrogen and oxygen atoms in total. The van der Waals surface area contributed by atoms with Gasteiger partial charge in [0.2, 0.25) is 0 Å². The second kappa shape index (κ2) is 5.61. The fourth-order valence-corrected chi connectivity index (χ4v) is 2.66. The smallest absolute Gasteiger partial charge is 0.251 e. The van der Waals surface area contributed by atoms with Gasteiger partial charge in [0, 0.05) is 24.4 Å². The maximum atomic E-state index is 12.3. The number of anilines is 1. The van der Waals surface area contributed by atoms with Gasteiger partial charge in [-0.2, -0.15) is 0 Å². The van der Waals surface area contributed by atoms with Gasteiger partial charge in [-0.1, -0.05) is 6.07 Å². The molecule has 0 spiro atoms. The summed E-state index contributed by atoms with van der Waals surface area (Å²) >= 11 is 0. The largest absolute Gasteiger partial charge is 0.398 e. The van der Waals surface area contributed by atoms with Gasteiger partial charge in [0.05, 0.1) is 6.10 Å². The number of ether oxygens (including phenoxy) is 1. The normalized spacial score (nSPS) is 22.5. The van der Waals surface area contributed by atoms with Gasteiger partial charge in [0.25, 0.3) is 5.91 Å². The van der Waals surface area contributed by atoms with Gasteiger partial charge in [0.15, 0.2) is 0 Å². The molecule has 1 aromatic rings. The van der Waals surface area contributed by atoms with Crippen molar-refractivity contribution < 1.29 is 9.53 Å². The Morgan fingerprint density at radius 1 is 1.32 bits per heavy atom. The molecule has 0 heterocycles. The predicted octanol–water partition coefficient (Wildman–Crippen LogP) is 2.18. The number of benzene rings is 1. The van der Waals surface area contributed by atoms with E-state index in [4.69, 9.17) is 10.5 Å². The first-order valence-electron chi connectivity index (χ1n) is 6.71. The average molecular weight is 262 g/mol. The van der Waals surface area contributed by atoms with Crippen LogP contribution in [0.4, 0.5) is 5.69 Å². The number of hydrogen-bond donors (Lipinski definition) is 2. The summed E-state index contributed by atoms with van der Waals surface area (Å²) in [5.41, 5.74) is 9.19. The average Bonchev–Trinajstić information content (AvgIpc) is 2.81. The molecule has 0 aliphatic heterocycles. The van der Waals surface area contributed by atoms with Crippen LogP contribution >= 0.6 is 0 Å². The van der Waals surface area contributed by atoms with E-state index in [0.717, 1.165) is 30.4 Å². The number of methoxy groups -OCH3 is 1. The first-order valence-corrected chi connectivity index (χ1v) is 6.71. The van der Waals surface area contributed by atoms with Gasteiger partial charge in [0.1, 0.15) is 0 Å². The summed E-state index contributed by atoms with van der Waals surface area (Å²) < 4.78 is 5.32. The molecule has 1 fully saturated rings. The molecule has 0 aromatic heterocycles. The van der Waals surface area contributed by atoms with Gasteiger partial charge in [-0.15, -0.1) is 0 Å². The molecule has 2 unspecified atom stereocenters. The van der Waals surface area contributed by atoms with Crippen LogP contribution in [0.15, 0.2) is 12.1 Å². The van der Waals surface area contributed by atoms with Crippen LogP contribution in [-0.2, 0) is 4.74 Å². The number of nitrogens with one attached hydrogen (secondary N) is 1. The zero-order valence-corrected chi connectivity index (χ0v) is 11.8. The highest BCUT2D eigenvalue weighted by atomic mass is 16.5. The van der Waals surface area contributed by atoms with E-state index in [0.29, 0.717) is 11.3 Å². The molecular formula is C15H22N2O2. The summed E-state index contributed by atoms with van der Waals surface area (Å²) in [5.74, 6) is -0.0362. The number of amides is 1. The zero-order valence-electron chi connectivity index (χ0n) is 11.8. The molecule has 0 saturated heterocycles. The van der Waals surface area contributed by atoms with Crippen LogP contribution in [0, 0.1) is 13.8 Å². The lowest BCUT2D eigenvalue weighted by atomic mass is 10.0. The fourth-order valence-electron chi connectivity index (χ4n) is 2.66. The van der Waals surface area contributed by atoms with Crippen LogP contribution in [-0.4, -0.2) is 25.2 Å². The molecule has 2 rings (SSSR count). The summed E-state index contributed by atoms with van der Waals surface area (Å²) in [7, 11) is 1.72. The van der Waals surface area contributed by atoms with Crippen molar-refractivity contribution in [2.45, 2.75) is 45.3 Å². The molecule has 104 valence electrons. The van der Waals surface area contributed by atoms with Crippen molar-refractivity contribution in [3.63, 3.8) is 0 Å².